The lowest BCUT2D eigenvalue weighted by molar-refractivity contribution is -0.144. The number of nitrogens with zero attached hydrogens (tertiary/aromatic N) is 1. The average molecular weight is 532 g/mol. The van der Waals surface area contributed by atoms with Gasteiger partial charge in [-0.1, -0.05) is 0 Å². The Bertz CT molecular complexity index is 905. The summed E-state index contributed by atoms with van der Waals surface area (Å²) in [4.78, 5) is 86.3. The van der Waals surface area contributed by atoms with Gasteiger partial charge in [-0.05, 0) is 19.3 Å². The maximum Gasteiger partial charge on any atom is 0.326 e. The summed E-state index contributed by atoms with van der Waals surface area (Å²) < 4.78 is 0. The van der Waals surface area contributed by atoms with Gasteiger partial charge in [-0.3, -0.25) is 33.8 Å². The summed E-state index contributed by atoms with van der Waals surface area (Å²) in [5.74, 6) is -8.22. The average Bonchev–Trinajstić information content (AvgIpc) is 2.77. The molecule has 18 nitrogen and oxygen atoms in total. The van der Waals surface area contributed by atoms with Crippen molar-refractivity contribution in [2.24, 2.45) is 33.7 Å². The molecule has 0 aromatic heterocycles. The first-order valence-corrected chi connectivity index (χ1v) is 10.9. The van der Waals surface area contributed by atoms with Crippen LogP contribution in [0.2, 0.25) is 0 Å². The summed E-state index contributed by atoms with van der Waals surface area (Å²) in [7, 11) is 0. The summed E-state index contributed by atoms with van der Waals surface area (Å²) in [6.07, 6.45) is -2.10. The molecule has 0 saturated carbocycles. The van der Waals surface area contributed by atoms with Crippen LogP contribution in [-0.2, 0) is 33.6 Å². The van der Waals surface area contributed by atoms with Crippen LogP contribution in [0, 0.1) is 0 Å². The van der Waals surface area contributed by atoms with E-state index in [0.29, 0.717) is 0 Å². The van der Waals surface area contributed by atoms with Crippen LogP contribution in [0.1, 0.15) is 38.5 Å². The summed E-state index contributed by atoms with van der Waals surface area (Å²) in [5.41, 5.74) is 26.1. The number of rotatable bonds is 18. The third-order valence-electron chi connectivity index (χ3n) is 4.65. The largest absolute Gasteiger partial charge is 0.481 e. The molecule has 4 unspecified atom stereocenters. The zero-order valence-corrected chi connectivity index (χ0v) is 19.8. The summed E-state index contributed by atoms with van der Waals surface area (Å²) in [6.45, 7) is 0.0628. The van der Waals surface area contributed by atoms with Crippen LogP contribution in [0.3, 0.4) is 0 Å². The van der Waals surface area contributed by atoms with Crippen LogP contribution in [0.4, 0.5) is 0 Å². The van der Waals surface area contributed by atoms with Gasteiger partial charge in [0.15, 0.2) is 5.96 Å². The first kappa shape index (κ1) is 32.5. The van der Waals surface area contributed by atoms with Gasteiger partial charge in [0.25, 0.3) is 0 Å². The Labute approximate surface area is 210 Å². The van der Waals surface area contributed by atoms with Gasteiger partial charge in [-0.2, -0.15) is 0 Å². The van der Waals surface area contributed by atoms with Crippen molar-refractivity contribution in [2.45, 2.75) is 62.7 Å². The highest BCUT2D eigenvalue weighted by atomic mass is 16.4. The predicted octanol–water partition coefficient (Wildman–Crippen LogP) is -5.48. The lowest BCUT2D eigenvalue weighted by Crippen LogP contribution is -2.58. The number of aliphatic imine (C=N–C) groups is 1. The zero-order valence-electron chi connectivity index (χ0n) is 19.8. The number of nitrogens with one attached hydrogen (secondary N) is 3. The van der Waals surface area contributed by atoms with Crippen LogP contribution in [-0.4, -0.2) is 88.4 Å². The fraction of sp³-hybridized carbons (Fsp3) is 0.579. The van der Waals surface area contributed by atoms with Crippen LogP contribution in [0.15, 0.2) is 4.99 Å². The molecular weight excluding hydrogens is 498 g/mol. The molecule has 37 heavy (non-hydrogen) atoms. The van der Waals surface area contributed by atoms with Crippen LogP contribution in [0.5, 0.6) is 0 Å². The number of hydrogen-bond acceptors (Lipinski definition) is 9. The number of carbonyl (C=O) groups is 7. The molecule has 0 aromatic carbocycles. The van der Waals surface area contributed by atoms with Gasteiger partial charge in [0.05, 0.1) is 18.9 Å². The number of aliphatic carboxylic acids is 2. The number of hydrogen-bond donors (Lipinski definition) is 10. The molecule has 208 valence electrons. The molecule has 18 heteroatoms. The first-order valence-electron chi connectivity index (χ1n) is 10.9. The van der Waals surface area contributed by atoms with Gasteiger partial charge in [0.2, 0.25) is 29.5 Å². The van der Waals surface area contributed by atoms with E-state index in [1.54, 1.807) is 0 Å². The third-order valence-corrected chi connectivity index (χ3v) is 4.65. The Hall–Kier alpha value is -4.48. The van der Waals surface area contributed by atoms with Crippen molar-refractivity contribution in [3.05, 3.63) is 0 Å². The van der Waals surface area contributed by atoms with Crippen LogP contribution < -0.4 is 44.6 Å². The van der Waals surface area contributed by atoms with Gasteiger partial charge in [-0.15, -0.1) is 0 Å². The molecule has 5 amide bonds. The van der Waals surface area contributed by atoms with Crippen LogP contribution in [0.25, 0.3) is 0 Å². The second-order valence-corrected chi connectivity index (χ2v) is 7.85. The second kappa shape index (κ2) is 16.2. The highest BCUT2D eigenvalue weighted by Crippen LogP contribution is 2.04. The number of carboxylic acid groups (broad SMARTS) is 2. The summed E-state index contributed by atoms with van der Waals surface area (Å²) >= 11 is 0. The number of guanidine groups is 1. The number of carboxylic acids is 2. The highest BCUT2D eigenvalue weighted by Gasteiger charge is 2.32. The summed E-state index contributed by atoms with van der Waals surface area (Å²) in [5, 5.41) is 24.8. The third kappa shape index (κ3) is 14.5. The minimum atomic E-state index is -1.79. The Morgan fingerprint density at radius 1 is 0.703 bits per heavy atom. The Balaban J connectivity index is 5.49. The van der Waals surface area contributed by atoms with E-state index in [1.165, 1.54) is 0 Å². The van der Waals surface area contributed by atoms with Crippen molar-refractivity contribution >= 4 is 47.4 Å². The SMILES string of the molecule is NC(=O)CCC(N)C(=O)NC(CC(N)=O)C(=O)NC(CC(=O)O)C(=O)NC(CCCN=C(N)N)C(=O)O. The Kier molecular flexibility index (Phi) is 14.3. The minimum Gasteiger partial charge on any atom is -0.481 e. The number of primary amides is 2. The van der Waals surface area contributed by atoms with Crippen LogP contribution >= 0.6 is 0 Å². The van der Waals surface area contributed by atoms with Crippen molar-refractivity contribution in [1.29, 1.82) is 0 Å². The molecule has 0 rings (SSSR count). The van der Waals surface area contributed by atoms with Gasteiger partial charge < -0.3 is 54.8 Å². The monoisotopic (exact) mass is 531 g/mol. The molecule has 0 aliphatic heterocycles. The molecule has 0 aliphatic rings. The van der Waals surface area contributed by atoms with E-state index in [0.717, 1.165) is 0 Å². The van der Waals surface area contributed by atoms with Gasteiger partial charge >= 0.3 is 11.9 Å². The van der Waals surface area contributed by atoms with E-state index >= 15 is 0 Å². The minimum absolute atomic E-state index is 0.0628. The molecule has 0 aliphatic carbocycles. The standard InChI is InChI=1S/C19H33N9O9/c20-8(3-4-12(21)29)15(33)27-10(6-13(22)30)16(34)28-11(7-14(31)32)17(35)26-9(18(36)37)2-1-5-25-19(23)24/h8-11H,1-7,20H2,(H2,21,29)(H2,22,30)(H,26,35)(H,27,33)(H,28,34)(H,31,32)(H,36,37)(H4,23,24,25). The number of carbonyl (C=O) groups excluding carboxylic acids is 5. The Morgan fingerprint density at radius 3 is 1.68 bits per heavy atom. The van der Waals surface area contributed by atoms with E-state index in [-0.39, 0.29) is 38.2 Å². The predicted molar refractivity (Wildman–Crippen MR) is 126 cm³/mol. The Morgan fingerprint density at radius 2 is 1.22 bits per heavy atom. The normalized spacial score (nSPS) is 13.6. The molecular formula is C19H33N9O9. The molecule has 0 bridgehead atoms. The fourth-order valence-electron chi connectivity index (χ4n) is 2.81. The maximum atomic E-state index is 12.7. The smallest absolute Gasteiger partial charge is 0.326 e. The van der Waals surface area contributed by atoms with Crippen molar-refractivity contribution in [1.82, 2.24) is 16.0 Å². The lowest BCUT2D eigenvalue weighted by atomic mass is 10.1. The molecule has 0 saturated heterocycles. The highest BCUT2D eigenvalue weighted by molar-refractivity contribution is 5.97. The lowest BCUT2D eigenvalue weighted by Gasteiger charge is -2.24. The molecule has 0 aromatic rings. The van der Waals surface area contributed by atoms with Crippen molar-refractivity contribution in [3.8, 4) is 0 Å². The molecule has 4 atom stereocenters. The van der Waals surface area contributed by atoms with E-state index in [4.69, 9.17) is 33.8 Å². The molecule has 15 N–H and O–H groups in total. The first-order chi connectivity index (χ1) is 17.1. The molecule has 0 radical (unpaired) electrons. The number of amides is 5. The quantitative estimate of drug-likeness (QED) is 0.0449. The van der Waals surface area contributed by atoms with Crippen molar-refractivity contribution in [2.75, 3.05) is 6.54 Å². The van der Waals surface area contributed by atoms with Gasteiger partial charge in [0.1, 0.15) is 18.1 Å². The zero-order chi connectivity index (χ0) is 28.7. The number of nitrogens with two attached hydrogens (primary N) is 5. The van der Waals surface area contributed by atoms with Gasteiger partial charge in [0, 0.05) is 13.0 Å². The maximum absolute atomic E-state index is 12.7. The molecule has 0 spiro atoms. The molecule has 0 heterocycles. The van der Waals surface area contributed by atoms with Crippen molar-refractivity contribution < 1.29 is 43.8 Å². The molecule has 0 fully saturated rings. The second-order valence-electron chi connectivity index (χ2n) is 7.85. The van der Waals surface area contributed by atoms with E-state index in [1.807, 2.05) is 0 Å². The topological polar surface area (TPSA) is 338 Å². The summed E-state index contributed by atoms with van der Waals surface area (Å²) in [6, 6.07) is -6.22. The van der Waals surface area contributed by atoms with E-state index < -0.39 is 78.5 Å². The fourth-order valence-corrected chi connectivity index (χ4v) is 2.81. The van der Waals surface area contributed by atoms with E-state index in [2.05, 4.69) is 20.9 Å². The van der Waals surface area contributed by atoms with E-state index in [9.17, 15) is 38.7 Å². The van der Waals surface area contributed by atoms with Crippen molar-refractivity contribution in [3.63, 3.8) is 0 Å². The van der Waals surface area contributed by atoms with Gasteiger partial charge in [-0.25, -0.2) is 4.79 Å².